The predicted molar refractivity (Wildman–Crippen MR) is 115 cm³/mol. The van der Waals surface area contributed by atoms with Crippen LogP contribution in [0.3, 0.4) is 0 Å². The van der Waals surface area contributed by atoms with E-state index in [1.54, 1.807) is 0 Å². The molecule has 1 atom stereocenters. The van der Waals surface area contributed by atoms with Crippen molar-refractivity contribution in [2.75, 3.05) is 52.5 Å². The Labute approximate surface area is 167 Å². The van der Waals surface area contributed by atoms with Gasteiger partial charge in [0.2, 0.25) is 0 Å². The Hall–Kier alpha value is -2.05. The molecule has 0 amide bonds. The molecular weight excluding hydrogens is 350 g/mol. The van der Waals surface area contributed by atoms with Gasteiger partial charge in [0, 0.05) is 62.4 Å². The predicted octanol–water partition coefficient (Wildman–Crippen LogP) is 2.39. The van der Waals surface area contributed by atoms with Gasteiger partial charge in [-0.15, -0.1) is 0 Å². The van der Waals surface area contributed by atoms with E-state index in [1.807, 2.05) is 0 Å². The van der Waals surface area contributed by atoms with Crippen LogP contribution in [0.25, 0.3) is 10.9 Å². The van der Waals surface area contributed by atoms with Gasteiger partial charge in [-0.25, -0.2) is 0 Å². The van der Waals surface area contributed by atoms with Gasteiger partial charge in [0.25, 0.3) is 0 Å². The number of rotatable bonds is 5. The van der Waals surface area contributed by atoms with Crippen LogP contribution in [0.5, 0.6) is 0 Å². The molecule has 2 aromatic rings. The highest BCUT2D eigenvalue weighted by molar-refractivity contribution is 5.86. The summed E-state index contributed by atoms with van der Waals surface area (Å²) in [6, 6.07) is 7.13. The smallest absolute Gasteiger partial charge is 0.193 e. The number of fused-ring (bicyclic) bond motifs is 1. The Kier molecular flexibility index (Phi) is 6.17. The van der Waals surface area contributed by atoms with E-state index in [9.17, 15) is 0 Å². The van der Waals surface area contributed by atoms with Gasteiger partial charge < -0.3 is 19.9 Å². The lowest BCUT2D eigenvalue weighted by Gasteiger charge is -2.32. The van der Waals surface area contributed by atoms with Gasteiger partial charge in [-0.05, 0) is 37.8 Å². The minimum Gasteiger partial charge on any atom is -0.379 e. The zero-order valence-electron chi connectivity index (χ0n) is 17.2. The summed E-state index contributed by atoms with van der Waals surface area (Å²) in [5.74, 6) is 1.06. The largest absolute Gasteiger partial charge is 0.379 e. The Morgan fingerprint density at radius 3 is 2.96 bits per heavy atom. The molecule has 0 spiro atoms. The summed E-state index contributed by atoms with van der Waals surface area (Å²) >= 11 is 0. The number of aromatic amines is 1. The van der Waals surface area contributed by atoms with Crippen molar-refractivity contribution >= 4 is 16.9 Å². The molecule has 0 radical (unpaired) electrons. The minimum atomic E-state index is 0.629. The number of nitrogens with one attached hydrogen (secondary N) is 2. The van der Waals surface area contributed by atoms with Crippen LogP contribution in [0.4, 0.5) is 0 Å². The van der Waals surface area contributed by atoms with Gasteiger partial charge in [0.15, 0.2) is 5.96 Å². The first-order chi connectivity index (χ1) is 13.8. The number of aryl methyl sites for hydroxylation is 1. The second kappa shape index (κ2) is 8.97. The van der Waals surface area contributed by atoms with Crippen LogP contribution in [-0.4, -0.2) is 79.3 Å². The molecule has 28 heavy (non-hydrogen) atoms. The van der Waals surface area contributed by atoms with Crippen LogP contribution in [-0.2, 0) is 11.2 Å². The Balaban J connectivity index is 1.38. The molecule has 3 heterocycles. The number of morpholine rings is 1. The molecule has 2 N–H and O–H groups in total. The van der Waals surface area contributed by atoms with Gasteiger partial charge in [-0.1, -0.05) is 18.2 Å². The van der Waals surface area contributed by atoms with Crippen molar-refractivity contribution in [1.82, 2.24) is 20.1 Å². The highest BCUT2D eigenvalue weighted by Crippen LogP contribution is 2.22. The zero-order valence-corrected chi connectivity index (χ0v) is 17.2. The van der Waals surface area contributed by atoms with Crippen LogP contribution in [0.1, 0.15) is 24.5 Å². The first-order valence-corrected chi connectivity index (χ1v) is 10.7. The molecule has 2 fully saturated rings. The van der Waals surface area contributed by atoms with E-state index in [1.165, 1.54) is 28.5 Å². The minimum absolute atomic E-state index is 0.629. The van der Waals surface area contributed by atoms with Crippen molar-refractivity contribution in [3.05, 3.63) is 35.5 Å². The Morgan fingerprint density at radius 1 is 1.29 bits per heavy atom. The van der Waals surface area contributed by atoms with Gasteiger partial charge in [-0.2, -0.15) is 0 Å². The third-order valence-electron chi connectivity index (χ3n) is 6.01. The lowest BCUT2D eigenvalue weighted by molar-refractivity contribution is 0.0195. The molecule has 1 aromatic heterocycles. The van der Waals surface area contributed by atoms with E-state index in [0.717, 1.165) is 64.9 Å². The molecule has 0 saturated carbocycles. The fraction of sp³-hybridized carbons (Fsp3) is 0.591. The molecule has 4 rings (SSSR count). The average molecular weight is 384 g/mol. The number of ether oxygens (including phenoxy) is 1. The van der Waals surface area contributed by atoms with Crippen molar-refractivity contribution in [3.63, 3.8) is 0 Å². The standard InChI is InChI=1S/C22H33N5O/c1-3-23-22(27-10-8-19(16-27)26-11-13-28-14-12-26)24-9-7-18-15-25-21-17(2)5-4-6-20(18)21/h4-6,15,19,25H,3,7-14,16H2,1-2H3,(H,23,24). The van der Waals surface area contributed by atoms with E-state index in [0.29, 0.717) is 6.04 Å². The first-order valence-electron chi connectivity index (χ1n) is 10.7. The maximum atomic E-state index is 5.50. The summed E-state index contributed by atoms with van der Waals surface area (Å²) in [5.41, 5.74) is 3.90. The molecule has 2 saturated heterocycles. The SMILES string of the molecule is CCNC(=NCCc1c[nH]c2c(C)cccc12)N1CCC(N2CCOCC2)C1. The summed E-state index contributed by atoms with van der Waals surface area (Å²) in [6.45, 7) is 12.0. The van der Waals surface area contributed by atoms with Gasteiger partial charge in [0.1, 0.15) is 0 Å². The van der Waals surface area contributed by atoms with Crippen LogP contribution in [0.15, 0.2) is 29.4 Å². The molecule has 6 nitrogen and oxygen atoms in total. The Bertz CT molecular complexity index is 808. The second-order valence-electron chi connectivity index (χ2n) is 7.83. The lowest BCUT2D eigenvalue weighted by Crippen LogP contribution is -2.46. The summed E-state index contributed by atoms with van der Waals surface area (Å²) in [5, 5.41) is 4.83. The van der Waals surface area contributed by atoms with E-state index in [-0.39, 0.29) is 0 Å². The number of nitrogens with zero attached hydrogens (tertiary/aromatic N) is 3. The maximum absolute atomic E-state index is 5.50. The van der Waals surface area contributed by atoms with Crippen LogP contribution >= 0.6 is 0 Å². The lowest BCUT2D eigenvalue weighted by atomic mass is 10.1. The molecule has 2 aliphatic rings. The zero-order chi connectivity index (χ0) is 19.3. The first kappa shape index (κ1) is 19.3. The number of aromatic nitrogens is 1. The highest BCUT2D eigenvalue weighted by Gasteiger charge is 2.30. The van der Waals surface area contributed by atoms with Crippen LogP contribution < -0.4 is 5.32 Å². The monoisotopic (exact) mass is 383 g/mol. The third-order valence-corrected chi connectivity index (χ3v) is 6.01. The van der Waals surface area contributed by atoms with Crippen molar-refractivity contribution in [2.24, 2.45) is 4.99 Å². The number of likely N-dealkylation sites (tertiary alicyclic amines) is 1. The van der Waals surface area contributed by atoms with Crippen molar-refractivity contribution in [2.45, 2.75) is 32.7 Å². The number of hydrogen-bond donors (Lipinski definition) is 2. The molecule has 1 unspecified atom stereocenters. The molecule has 0 aliphatic carbocycles. The number of guanidine groups is 1. The maximum Gasteiger partial charge on any atom is 0.193 e. The topological polar surface area (TPSA) is 55.9 Å². The summed E-state index contributed by atoms with van der Waals surface area (Å²) in [4.78, 5) is 13.4. The quantitative estimate of drug-likeness (QED) is 0.615. The molecular formula is C22H33N5O. The van der Waals surface area contributed by atoms with Crippen molar-refractivity contribution in [3.8, 4) is 0 Å². The summed E-state index contributed by atoms with van der Waals surface area (Å²) in [6.07, 6.45) is 4.32. The van der Waals surface area contributed by atoms with Crippen LogP contribution in [0, 0.1) is 6.92 Å². The van der Waals surface area contributed by atoms with E-state index in [2.05, 4.69) is 58.3 Å². The third kappa shape index (κ3) is 4.18. The average Bonchev–Trinajstić information content (AvgIpc) is 3.37. The van der Waals surface area contributed by atoms with Gasteiger partial charge in [0.05, 0.1) is 13.2 Å². The van der Waals surface area contributed by atoms with E-state index in [4.69, 9.17) is 9.73 Å². The number of para-hydroxylation sites is 1. The molecule has 0 bridgehead atoms. The molecule has 6 heteroatoms. The second-order valence-corrected chi connectivity index (χ2v) is 7.83. The Morgan fingerprint density at radius 2 is 2.14 bits per heavy atom. The summed E-state index contributed by atoms with van der Waals surface area (Å²) < 4.78 is 5.50. The van der Waals surface area contributed by atoms with E-state index < -0.39 is 0 Å². The van der Waals surface area contributed by atoms with E-state index >= 15 is 0 Å². The molecule has 2 aliphatic heterocycles. The van der Waals surface area contributed by atoms with Crippen molar-refractivity contribution < 1.29 is 4.74 Å². The number of aliphatic imine (C=N–C) groups is 1. The number of H-pyrrole nitrogens is 1. The highest BCUT2D eigenvalue weighted by atomic mass is 16.5. The van der Waals surface area contributed by atoms with Crippen LogP contribution in [0.2, 0.25) is 0 Å². The van der Waals surface area contributed by atoms with Crippen molar-refractivity contribution in [1.29, 1.82) is 0 Å². The number of hydrogen-bond acceptors (Lipinski definition) is 3. The summed E-state index contributed by atoms with van der Waals surface area (Å²) in [7, 11) is 0. The fourth-order valence-corrected chi connectivity index (χ4v) is 4.45. The normalized spacial score (nSPS) is 21.6. The molecule has 152 valence electrons. The van der Waals surface area contributed by atoms with Gasteiger partial charge in [-0.3, -0.25) is 9.89 Å². The van der Waals surface area contributed by atoms with Gasteiger partial charge >= 0.3 is 0 Å². The number of benzene rings is 1. The fourth-order valence-electron chi connectivity index (χ4n) is 4.45. The molecule has 1 aromatic carbocycles.